The average molecular weight is 435 g/mol. The summed E-state index contributed by atoms with van der Waals surface area (Å²) in [5.41, 5.74) is 1.14. The minimum absolute atomic E-state index is 0.00772. The Morgan fingerprint density at radius 3 is 2.27 bits per heavy atom. The van der Waals surface area contributed by atoms with E-state index in [0.29, 0.717) is 10.9 Å². The SMILES string of the molecule is CCNC(=NCCS(=O)(=O)c1ccc(C(C)(C)C)cc1)NC1CCN(C2CC2)CC1. The van der Waals surface area contributed by atoms with Gasteiger partial charge in [0.15, 0.2) is 15.8 Å². The zero-order valence-corrected chi connectivity index (χ0v) is 19.8. The van der Waals surface area contributed by atoms with Gasteiger partial charge in [-0.25, -0.2) is 8.42 Å². The highest BCUT2D eigenvalue weighted by atomic mass is 32.2. The molecule has 1 aromatic carbocycles. The van der Waals surface area contributed by atoms with Crippen LogP contribution in [0.4, 0.5) is 0 Å². The summed E-state index contributed by atoms with van der Waals surface area (Å²) in [6, 6.07) is 8.49. The first-order chi connectivity index (χ1) is 14.2. The summed E-state index contributed by atoms with van der Waals surface area (Å²) in [5.74, 6) is 0.735. The van der Waals surface area contributed by atoms with Crippen LogP contribution in [-0.2, 0) is 15.3 Å². The second kappa shape index (κ2) is 9.69. The van der Waals surface area contributed by atoms with Crippen LogP contribution in [0.15, 0.2) is 34.2 Å². The minimum Gasteiger partial charge on any atom is -0.357 e. The van der Waals surface area contributed by atoms with Gasteiger partial charge in [0.1, 0.15) is 0 Å². The highest BCUT2D eigenvalue weighted by Gasteiger charge is 2.31. The summed E-state index contributed by atoms with van der Waals surface area (Å²) in [5, 5.41) is 6.76. The highest BCUT2D eigenvalue weighted by Crippen LogP contribution is 2.29. The second-order valence-electron chi connectivity index (χ2n) is 9.54. The van der Waals surface area contributed by atoms with E-state index >= 15 is 0 Å². The molecule has 0 atom stereocenters. The summed E-state index contributed by atoms with van der Waals surface area (Å²) in [6.45, 7) is 11.7. The van der Waals surface area contributed by atoms with Gasteiger partial charge in [0.2, 0.25) is 0 Å². The number of rotatable bonds is 7. The van der Waals surface area contributed by atoms with Crippen LogP contribution in [0.1, 0.15) is 58.9 Å². The average Bonchev–Trinajstić information content (AvgIpc) is 3.53. The number of nitrogens with one attached hydrogen (secondary N) is 2. The Labute approximate surface area is 182 Å². The topological polar surface area (TPSA) is 73.8 Å². The number of piperidine rings is 1. The van der Waals surface area contributed by atoms with E-state index in [9.17, 15) is 8.42 Å². The molecule has 0 unspecified atom stereocenters. The monoisotopic (exact) mass is 434 g/mol. The molecule has 0 radical (unpaired) electrons. The number of guanidine groups is 1. The van der Waals surface area contributed by atoms with Crippen LogP contribution >= 0.6 is 0 Å². The molecular formula is C23H38N4O2S. The maximum absolute atomic E-state index is 12.7. The molecule has 6 nitrogen and oxygen atoms in total. The minimum atomic E-state index is -3.35. The Balaban J connectivity index is 1.53. The summed E-state index contributed by atoms with van der Waals surface area (Å²) < 4.78 is 25.4. The molecule has 2 aliphatic rings. The van der Waals surface area contributed by atoms with Crippen LogP contribution in [0, 0.1) is 0 Å². The van der Waals surface area contributed by atoms with Gasteiger partial charge in [0.05, 0.1) is 17.2 Å². The molecule has 3 rings (SSSR count). The summed E-state index contributed by atoms with van der Waals surface area (Å²) in [6.07, 6.45) is 4.93. The Morgan fingerprint density at radius 2 is 1.73 bits per heavy atom. The molecule has 0 amide bonds. The van der Waals surface area contributed by atoms with E-state index in [0.717, 1.165) is 50.0 Å². The van der Waals surface area contributed by atoms with Crippen molar-refractivity contribution in [2.45, 2.75) is 75.8 Å². The number of aliphatic imine (C=N–C) groups is 1. The molecule has 1 heterocycles. The van der Waals surface area contributed by atoms with Crippen LogP contribution in [0.3, 0.4) is 0 Å². The lowest BCUT2D eigenvalue weighted by Crippen LogP contribution is -2.49. The standard InChI is InChI=1S/C23H38N4O2S/c1-5-24-22(26-19-12-15-27(16-13-19)20-8-9-20)25-14-17-30(28,29)21-10-6-18(7-11-21)23(2,3)4/h6-7,10-11,19-20H,5,8-9,12-17H2,1-4H3,(H2,24,25,26). The van der Waals surface area contributed by atoms with Crippen molar-refractivity contribution < 1.29 is 8.42 Å². The van der Waals surface area contributed by atoms with Crippen LogP contribution in [0.5, 0.6) is 0 Å². The third-order valence-electron chi connectivity index (χ3n) is 5.99. The molecule has 1 saturated carbocycles. The molecule has 0 bridgehead atoms. The van der Waals surface area contributed by atoms with Crippen molar-refractivity contribution in [3.05, 3.63) is 29.8 Å². The van der Waals surface area contributed by atoms with Crippen molar-refractivity contribution in [3.8, 4) is 0 Å². The molecule has 1 aliphatic heterocycles. The van der Waals surface area contributed by atoms with E-state index in [-0.39, 0.29) is 17.7 Å². The molecule has 2 N–H and O–H groups in total. The molecule has 0 aromatic heterocycles. The van der Waals surface area contributed by atoms with Gasteiger partial charge in [-0.1, -0.05) is 32.9 Å². The quantitative estimate of drug-likeness (QED) is 0.510. The summed E-state index contributed by atoms with van der Waals surface area (Å²) in [4.78, 5) is 7.51. The molecule has 30 heavy (non-hydrogen) atoms. The fourth-order valence-electron chi connectivity index (χ4n) is 3.92. The third kappa shape index (κ3) is 6.45. The van der Waals surface area contributed by atoms with Gasteiger partial charge in [0.25, 0.3) is 0 Å². The molecular weight excluding hydrogens is 396 g/mol. The zero-order chi connectivity index (χ0) is 21.8. The van der Waals surface area contributed by atoms with Gasteiger partial charge in [0, 0.05) is 31.7 Å². The van der Waals surface area contributed by atoms with E-state index in [1.807, 2.05) is 19.1 Å². The van der Waals surface area contributed by atoms with Crippen molar-refractivity contribution >= 4 is 15.8 Å². The number of likely N-dealkylation sites (tertiary alicyclic amines) is 1. The third-order valence-corrected chi connectivity index (χ3v) is 7.70. The first-order valence-corrected chi connectivity index (χ1v) is 13.0. The Morgan fingerprint density at radius 1 is 1.10 bits per heavy atom. The molecule has 1 saturated heterocycles. The van der Waals surface area contributed by atoms with E-state index in [1.54, 1.807) is 12.1 Å². The van der Waals surface area contributed by atoms with Gasteiger partial charge < -0.3 is 15.5 Å². The van der Waals surface area contributed by atoms with Gasteiger partial charge in [-0.3, -0.25) is 4.99 Å². The molecule has 1 aromatic rings. The number of sulfone groups is 1. The lowest BCUT2D eigenvalue weighted by molar-refractivity contribution is 0.197. The lowest BCUT2D eigenvalue weighted by atomic mass is 9.87. The van der Waals surface area contributed by atoms with Crippen molar-refractivity contribution in [1.29, 1.82) is 0 Å². The number of hydrogen-bond acceptors (Lipinski definition) is 4. The normalized spacial score (nSPS) is 19.7. The van der Waals surface area contributed by atoms with Crippen molar-refractivity contribution in [1.82, 2.24) is 15.5 Å². The molecule has 0 spiro atoms. The molecule has 168 valence electrons. The van der Waals surface area contributed by atoms with Crippen molar-refractivity contribution in [2.75, 3.05) is 31.9 Å². The largest absolute Gasteiger partial charge is 0.357 e. The highest BCUT2D eigenvalue weighted by molar-refractivity contribution is 7.91. The predicted octanol–water partition coefficient (Wildman–Crippen LogP) is 2.94. The molecule has 1 aliphatic carbocycles. The van der Waals surface area contributed by atoms with Gasteiger partial charge in [-0.15, -0.1) is 0 Å². The Hall–Kier alpha value is -1.60. The number of hydrogen-bond donors (Lipinski definition) is 2. The van der Waals surface area contributed by atoms with Crippen LogP contribution in [0.25, 0.3) is 0 Å². The fraction of sp³-hybridized carbons (Fsp3) is 0.696. The maximum Gasteiger partial charge on any atom is 0.191 e. The van der Waals surface area contributed by atoms with Gasteiger partial charge in [-0.05, 0) is 55.7 Å². The molecule has 7 heteroatoms. The fourth-order valence-corrected chi connectivity index (χ4v) is 5.04. The first kappa shape index (κ1) is 23.1. The van der Waals surface area contributed by atoms with E-state index in [4.69, 9.17) is 0 Å². The first-order valence-electron chi connectivity index (χ1n) is 11.3. The smallest absolute Gasteiger partial charge is 0.191 e. The van der Waals surface area contributed by atoms with Crippen molar-refractivity contribution in [3.63, 3.8) is 0 Å². The summed E-state index contributed by atoms with van der Waals surface area (Å²) in [7, 11) is -3.35. The van der Waals surface area contributed by atoms with Crippen LogP contribution in [-0.4, -0.2) is 63.3 Å². The zero-order valence-electron chi connectivity index (χ0n) is 18.9. The van der Waals surface area contributed by atoms with Crippen LogP contribution < -0.4 is 10.6 Å². The predicted molar refractivity (Wildman–Crippen MR) is 124 cm³/mol. The number of benzene rings is 1. The lowest BCUT2D eigenvalue weighted by Gasteiger charge is -2.33. The van der Waals surface area contributed by atoms with E-state index in [1.165, 1.54) is 12.8 Å². The van der Waals surface area contributed by atoms with Gasteiger partial charge in [-0.2, -0.15) is 0 Å². The second-order valence-corrected chi connectivity index (χ2v) is 11.6. The Kier molecular flexibility index (Phi) is 7.45. The van der Waals surface area contributed by atoms with Crippen molar-refractivity contribution in [2.24, 2.45) is 4.99 Å². The van der Waals surface area contributed by atoms with E-state index in [2.05, 4.69) is 41.3 Å². The van der Waals surface area contributed by atoms with E-state index < -0.39 is 9.84 Å². The number of nitrogens with zero attached hydrogens (tertiary/aromatic N) is 2. The maximum atomic E-state index is 12.7. The Bertz CT molecular complexity index is 816. The molecule has 2 fully saturated rings. The van der Waals surface area contributed by atoms with Gasteiger partial charge >= 0.3 is 0 Å². The summed E-state index contributed by atoms with van der Waals surface area (Å²) >= 11 is 0. The van der Waals surface area contributed by atoms with Crippen LogP contribution in [0.2, 0.25) is 0 Å².